The Bertz CT molecular complexity index is 413. The molecule has 94 valence electrons. The fraction of sp³-hybridized carbons (Fsp3) is 0.571. The van der Waals surface area contributed by atoms with Crippen molar-refractivity contribution in [2.24, 2.45) is 5.41 Å². The van der Waals surface area contributed by atoms with Crippen LogP contribution in [0.4, 0.5) is 11.4 Å². The van der Waals surface area contributed by atoms with Gasteiger partial charge in [-0.2, -0.15) is 0 Å². The first-order valence-corrected chi connectivity index (χ1v) is 6.21. The van der Waals surface area contributed by atoms with Crippen LogP contribution in [0.15, 0.2) is 18.2 Å². The van der Waals surface area contributed by atoms with Gasteiger partial charge in [-0.15, -0.1) is 0 Å². The van der Waals surface area contributed by atoms with E-state index >= 15 is 0 Å². The summed E-state index contributed by atoms with van der Waals surface area (Å²) >= 11 is 0. The van der Waals surface area contributed by atoms with Gasteiger partial charge in [-0.1, -0.05) is 13.8 Å². The first kappa shape index (κ1) is 12.1. The second kappa shape index (κ2) is 4.13. The highest BCUT2D eigenvalue weighted by atomic mass is 16.5. The van der Waals surface area contributed by atoms with Crippen molar-refractivity contribution in [3.63, 3.8) is 0 Å². The second-order valence-electron chi connectivity index (χ2n) is 5.81. The van der Waals surface area contributed by atoms with Gasteiger partial charge in [0.25, 0.3) is 0 Å². The molecule has 1 aromatic carbocycles. The number of ether oxygens (including phenoxy) is 1. The molecule has 17 heavy (non-hydrogen) atoms. The molecule has 0 radical (unpaired) electrons. The van der Waals surface area contributed by atoms with Gasteiger partial charge < -0.3 is 15.8 Å². The number of anilines is 2. The highest BCUT2D eigenvalue weighted by Gasteiger charge is 2.45. The highest BCUT2D eigenvalue weighted by Crippen LogP contribution is 2.46. The van der Waals surface area contributed by atoms with Crippen LogP contribution >= 0.6 is 0 Å². The number of benzene rings is 1. The van der Waals surface area contributed by atoms with E-state index in [9.17, 15) is 0 Å². The zero-order valence-electron chi connectivity index (χ0n) is 11.1. The molecule has 0 spiro atoms. The lowest BCUT2D eigenvalue weighted by Crippen LogP contribution is -2.10. The molecule has 2 rings (SSSR count). The van der Waals surface area contributed by atoms with Gasteiger partial charge in [-0.25, -0.2) is 0 Å². The summed E-state index contributed by atoms with van der Waals surface area (Å²) in [5, 5.41) is 3.51. The van der Waals surface area contributed by atoms with Crippen LogP contribution < -0.4 is 15.8 Å². The summed E-state index contributed by atoms with van der Waals surface area (Å²) in [6.45, 7) is 8.55. The first-order chi connectivity index (χ1) is 7.88. The van der Waals surface area contributed by atoms with Crippen LogP contribution in [0.5, 0.6) is 5.75 Å². The summed E-state index contributed by atoms with van der Waals surface area (Å²) in [5.74, 6) is 0.767. The van der Waals surface area contributed by atoms with E-state index < -0.39 is 0 Å². The van der Waals surface area contributed by atoms with Gasteiger partial charge >= 0.3 is 0 Å². The smallest absolute Gasteiger partial charge is 0.144 e. The van der Waals surface area contributed by atoms with Crippen LogP contribution in [0.1, 0.15) is 34.1 Å². The van der Waals surface area contributed by atoms with Gasteiger partial charge in [-0.3, -0.25) is 0 Å². The molecule has 0 amide bonds. The van der Waals surface area contributed by atoms with Gasteiger partial charge in [0, 0.05) is 17.8 Å². The lowest BCUT2D eigenvalue weighted by atomic mass is 10.2. The van der Waals surface area contributed by atoms with Crippen molar-refractivity contribution in [3.8, 4) is 5.75 Å². The fourth-order valence-corrected chi connectivity index (χ4v) is 1.89. The molecule has 3 heteroatoms. The molecule has 0 aromatic heterocycles. The third-order valence-electron chi connectivity index (χ3n) is 3.23. The van der Waals surface area contributed by atoms with Crippen LogP contribution in [-0.2, 0) is 0 Å². The molecule has 0 saturated heterocycles. The third-order valence-corrected chi connectivity index (χ3v) is 3.23. The Morgan fingerprint density at radius 3 is 2.59 bits per heavy atom. The minimum Gasteiger partial charge on any atom is -0.489 e. The van der Waals surface area contributed by atoms with Crippen molar-refractivity contribution < 1.29 is 4.74 Å². The summed E-state index contributed by atoms with van der Waals surface area (Å²) < 4.78 is 5.67. The Morgan fingerprint density at radius 1 is 1.41 bits per heavy atom. The van der Waals surface area contributed by atoms with Crippen molar-refractivity contribution >= 4 is 11.4 Å². The van der Waals surface area contributed by atoms with Gasteiger partial charge in [-0.05, 0) is 37.8 Å². The number of nitrogens with one attached hydrogen (secondary N) is 1. The molecular weight excluding hydrogens is 212 g/mol. The minimum absolute atomic E-state index is 0.143. The van der Waals surface area contributed by atoms with Crippen molar-refractivity contribution in [1.82, 2.24) is 0 Å². The Hall–Kier alpha value is -1.38. The maximum absolute atomic E-state index is 5.88. The topological polar surface area (TPSA) is 47.3 Å². The van der Waals surface area contributed by atoms with Gasteiger partial charge in [0.1, 0.15) is 5.75 Å². The fourth-order valence-electron chi connectivity index (χ4n) is 1.89. The number of hydrogen-bond acceptors (Lipinski definition) is 3. The predicted molar refractivity (Wildman–Crippen MR) is 72.4 cm³/mol. The standard InChI is InChI=1S/C14H22N2O/c1-9(2)17-12-7-10(5-6-11(12)15)16-13-8-14(13,3)4/h5-7,9,13,16H,8,15H2,1-4H3. The normalized spacial score (nSPS) is 21.4. The molecule has 3 N–H and O–H groups in total. The van der Waals surface area contributed by atoms with Crippen molar-refractivity contribution in [2.45, 2.75) is 46.3 Å². The van der Waals surface area contributed by atoms with Crippen molar-refractivity contribution in [2.75, 3.05) is 11.1 Å². The number of nitrogen functional groups attached to an aromatic ring is 1. The average molecular weight is 234 g/mol. The van der Waals surface area contributed by atoms with Gasteiger partial charge in [0.2, 0.25) is 0 Å². The van der Waals surface area contributed by atoms with E-state index in [1.165, 1.54) is 6.42 Å². The zero-order valence-corrected chi connectivity index (χ0v) is 11.1. The first-order valence-electron chi connectivity index (χ1n) is 6.21. The summed E-state index contributed by atoms with van der Waals surface area (Å²) in [7, 11) is 0. The number of nitrogens with two attached hydrogens (primary N) is 1. The quantitative estimate of drug-likeness (QED) is 0.786. The monoisotopic (exact) mass is 234 g/mol. The minimum atomic E-state index is 0.143. The van der Waals surface area contributed by atoms with E-state index in [4.69, 9.17) is 10.5 Å². The van der Waals surface area contributed by atoms with Crippen LogP contribution in [0.25, 0.3) is 0 Å². The molecule has 1 saturated carbocycles. The van der Waals surface area contributed by atoms with Crippen LogP contribution in [-0.4, -0.2) is 12.1 Å². The van der Waals surface area contributed by atoms with Gasteiger partial charge in [0.05, 0.1) is 11.8 Å². The molecule has 0 heterocycles. The molecular formula is C14H22N2O. The molecule has 1 unspecified atom stereocenters. The molecule has 1 atom stereocenters. The Labute approximate surface area is 103 Å². The Morgan fingerprint density at radius 2 is 2.06 bits per heavy atom. The summed E-state index contributed by atoms with van der Waals surface area (Å²) in [6.07, 6.45) is 1.36. The van der Waals surface area contributed by atoms with E-state index in [1.807, 2.05) is 32.0 Å². The molecule has 0 bridgehead atoms. The lowest BCUT2D eigenvalue weighted by Gasteiger charge is -2.15. The summed E-state index contributed by atoms with van der Waals surface area (Å²) in [5.41, 5.74) is 8.08. The largest absolute Gasteiger partial charge is 0.489 e. The summed E-state index contributed by atoms with van der Waals surface area (Å²) in [6, 6.07) is 6.47. The molecule has 1 aliphatic rings. The van der Waals surface area contributed by atoms with Crippen LogP contribution in [0.2, 0.25) is 0 Å². The van der Waals surface area contributed by atoms with E-state index in [0.29, 0.717) is 17.1 Å². The lowest BCUT2D eigenvalue weighted by molar-refractivity contribution is 0.244. The maximum atomic E-state index is 5.88. The number of hydrogen-bond donors (Lipinski definition) is 2. The predicted octanol–water partition coefficient (Wildman–Crippen LogP) is 3.27. The van der Waals surface area contributed by atoms with Crippen molar-refractivity contribution in [1.29, 1.82) is 0 Å². The molecule has 1 fully saturated rings. The highest BCUT2D eigenvalue weighted by molar-refractivity contribution is 5.62. The van der Waals surface area contributed by atoms with Crippen LogP contribution in [0.3, 0.4) is 0 Å². The van der Waals surface area contributed by atoms with E-state index in [0.717, 1.165) is 11.4 Å². The Kier molecular flexibility index (Phi) is 2.94. The summed E-state index contributed by atoms with van der Waals surface area (Å²) in [4.78, 5) is 0. The molecule has 1 aromatic rings. The van der Waals surface area contributed by atoms with Crippen LogP contribution in [0, 0.1) is 5.41 Å². The molecule has 3 nitrogen and oxygen atoms in total. The average Bonchev–Trinajstić information content (AvgIpc) is 2.78. The maximum Gasteiger partial charge on any atom is 0.144 e. The second-order valence-corrected chi connectivity index (χ2v) is 5.81. The Balaban J connectivity index is 2.08. The van der Waals surface area contributed by atoms with E-state index in [-0.39, 0.29) is 6.10 Å². The zero-order chi connectivity index (χ0) is 12.6. The SMILES string of the molecule is CC(C)Oc1cc(NC2CC2(C)C)ccc1N. The van der Waals surface area contributed by atoms with E-state index in [1.54, 1.807) is 0 Å². The third kappa shape index (κ3) is 2.84. The van der Waals surface area contributed by atoms with Crippen molar-refractivity contribution in [3.05, 3.63) is 18.2 Å². The van der Waals surface area contributed by atoms with Gasteiger partial charge in [0.15, 0.2) is 0 Å². The number of rotatable bonds is 4. The molecule has 1 aliphatic carbocycles. The van der Waals surface area contributed by atoms with E-state index in [2.05, 4.69) is 19.2 Å². The molecule has 0 aliphatic heterocycles.